The molecule has 0 aliphatic heterocycles. The maximum absolute atomic E-state index is 12.7. The third-order valence-corrected chi connectivity index (χ3v) is 4.52. The summed E-state index contributed by atoms with van der Waals surface area (Å²) < 4.78 is 11.0. The molecule has 1 amide bonds. The first-order valence-corrected chi connectivity index (χ1v) is 9.97. The maximum Gasteiger partial charge on any atom is 0.247 e. The van der Waals surface area contributed by atoms with Crippen LogP contribution < -0.4 is 9.47 Å². The Morgan fingerprint density at radius 1 is 1.30 bits per heavy atom. The Kier molecular flexibility index (Phi) is 8.99. The Balaban J connectivity index is 2.17. The molecule has 0 saturated carbocycles. The average molecular weight is 425 g/mol. The number of halogens is 1. The molecule has 0 atom stereocenters. The van der Waals surface area contributed by atoms with Crippen molar-refractivity contribution in [1.29, 1.82) is 5.26 Å². The van der Waals surface area contributed by atoms with Crippen LogP contribution in [0.4, 0.5) is 0 Å². The van der Waals surface area contributed by atoms with Crippen molar-refractivity contribution in [2.75, 3.05) is 20.3 Å². The molecule has 0 fully saturated rings. The Bertz CT molecular complexity index is 946. The second-order valence-electron chi connectivity index (χ2n) is 6.53. The van der Waals surface area contributed by atoms with E-state index in [1.807, 2.05) is 19.1 Å². The number of hydrogen-bond donors (Lipinski definition) is 0. The van der Waals surface area contributed by atoms with Crippen LogP contribution in [-0.4, -0.2) is 31.1 Å². The Morgan fingerprint density at radius 3 is 2.63 bits per heavy atom. The summed E-state index contributed by atoms with van der Waals surface area (Å²) in [5.74, 6) is 0.850. The smallest absolute Gasteiger partial charge is 0.247 e. The Morgan fingerprint density at radius 2 is 2.03 bits per heavy atom. The van der Waals surface area contributed by atoms with Crippen LogP contribution in [-0.2, 0) is 11.3 Å². The van der Waals surface area contributed by atoms with Crippen LogP contribution >= 0.6 is 11.6 Å². The van der Waals surface area contributed by atoms with Crippen LogP contribution in [0.3, 0.4) is 0 Å². The van der Waals surface area contributed by atoms with Gasteiger partial charge in [0.25, 0.3) is 0 Å². The van der Waals surface area contributed by atoms with Crippen LogP contribution in [0.2, 0.25) is 5.02 Å². The monoisotopic (exact) mass is 424 g/mol. The van der Waals surface area contributed by atoms with Gasteiger partial charge >= 0.3 is 0 Å². The summed E-state index contributed by atoms with van der Waals surface area (Å²) in [5.41, 5.74) is 2.24. The fourth-order valence-corrected chi connectivity index (χ4v) is 3.02. The normalized spacial score (nSPS) is 10.5. The molecule has 2 aromatic rings. The highest BCUT2D eigenvalue weighted by Gasteiger charge is 2.13. The van der Waals surface area contributed by atoms with Crippen molar-refractivity contribution in [3.8, 4) is 17.6 Å². The first-order valence-electron chi connectivity index (χ1n) is 9.59. The number of carbonyl (C=O) groups is 1. The number of carbonyl (C=O) groups excluding carboxylic acids is 1. The summed E-state index contributed by atoms with van der Waals surface area (Å²) in [6.45, 7) is 7.09. The molecule has 30 heavy (non-hydrogen) atoms. The van der Waals surface area contributed by atoms with Gasteiger partial charge in [0.2, 0.25) is 5.91 Å². The number of benzene rings is 2. The summed E-state index contributed by atoms with van der Waals surface area (Å²) in [6, 6.07) is 12.7. The molecule has 0 aromatic heterocycles. The van der Waals surface area contributed by atoms with E-state index in [1.165, 1.54) is 6.08 Å². The standard InChI is InChI=1S/C24H25ClN2O3/c1-4-12-27(17-19-8-6-18(16-26)7-9-19)23(28)11-10-20-14-21(25)24(30-13-5-2)22(15-20)29-3/h4,6-11,14-15H,1,5,12-13,17H2,2-3H3/b11-10+. The third-order valence-electron chi connectivity index (χ3n) is 4.24. The number of ether oxygens (including phenoxy) is 2. The summed E-state index contributed by atoms with van der Waals surface area (Å²) in [4.78, 5) is 14.4. The fourth-order valence-electron chi connectivity index (χ4n) is 2.75. The molecular weight excluding hydrogens is 400 g/mol. The van der Waals surface area contributed by atoms with E-state index in [-0.39, 0.29) is 5.91 Å². The van der Waals surface area contributed by atoms with Crippen molar-refractivity contribution in [2.45, 2.75) is 19.9 Å². The van der Waals surface area contributed by atoms with Gasteiger partial charge in [-0.25, -0.2) is 0 Å². The van der Waals surface area contributed by atoms with Gasteiger partial charge in [-0.15, -0.1) is 6.58 Å². The van der Waals surface area contributed by atoms with E-state index in [0.717, 1.165) is 17.5 Å². The SMILES string of the molecule is C=CCN(Cc1ccc(C#N)cc1)C(=O)/C=C/c1cc(Cl)c(OCCC)c(OC)c1. The quantitative estimate of drug-likeness (QED) is 0.386. The van der Waals surface area contributed by atoms with Gasteiger partial charge in [0, 0.05) is 19.2 Å². The molecule has 0 aliphatic carbocycles. The molecule has 0 heterocycles. The van der Waals surface area contributed by atoms with E-state index >= 15 is 0 Å². The topological polar surface area (TPSA) is 62.6 Å². The summed E-state index contributed by atoms with van der Waals surface area (Å²) in [7, 11) is 1.55. The van der Waals surface area contributed by atoms with Gasteiger partial charge in [-0.3, -0.25) is 4.79 Å². The van der Waals surface area contributed by atoms with E-state index < -0.39 is 0 Å². The lowest BCUT2D eigenvalue weighted by Gasteiger charge is -2.19. The lowest BCUT2D eigenvalue weighted by atomic mass is 10.1. The van der Waals surface area contributed by atoms with E-state index in [4.69, 9.17) is 26.3 Å². The average Bonchev–Trinajstić information content (AvgIpc) is 2.76. The number of methoxy groups -OCH3 is 1. The second-order valence-corrected chi connectivity index (χ2v) is 6.94. The van der Waals surface area contributed by atoms with Gasteiger partial charge < -0.3 is 14.4 Å². The zero-order chi connectivity index (χ0) is 21.9. The first-order chi connectivity index (χ1) is 14.5. The number of nitrogens with zero attached hydrogens (tertiary/aromatic N) is 2. The van der Waals surface area contributed by atoms with Crippen molar-refractivity contribution in [2.24, 2.45) is 0 Å². The van der Waals surface area contributed by atoms with E-state index in [9.17, 15) is 4.79 Å². The Labute approximate surface area is 182 Å². The lowest BCUT2D eigenvalue weighted by molar-refractivity contribution is -0.126. The molecule has 0 unspecified atom stereocenters. The minimum atomic E-state index is -0.166. The molecule has 156 valence electrons. The molecule has 0 saturated heterocycles. The molecule has 5 nitrogen and oxygen atoms in total. The van der Waals surface area contributed by atoms with Crippen LogP contribution in [0.5, 0.6) is 11.5 Å². The minimum Gasteiger partial charge on any atom is -0.493 e. The molecule has 6 heteroatoms. The van der Waals surface area contributed by atoms with Gasteiger partial charge in [0.1, 0.15) is 0 Å². The number of rotatable bonds is 10. The van der Waals surface area contributed by atoms with Crippen LogP contribution in [0.1, 0.15) is 30.0 Å². The summed E-state index contributed by atoms with van der Waals surface area (Å²) in [6.07, 6.45) is 5.71. The predicted octanol–water partition coefficient (Wildman–Crippen LogP) is 5.24. The van der Waals surface area contributed by atoms with Gasteiger partial charge in [-0.1, -0.05) is 36.7 Å². The zero-order valence-corrected chi connectivity index (χ0v) is 18.0. The van der Waals surface area contributed by atoms with Gasteiger partial charge in [-0.2, -0.15) is 5.26 Å². The van der Waals surface area contributed by atoms with E-state index in [0.29, 0.717) is 41.8 Å². The van der Waals surface area contributed by atoms with Crippen LogP contribution in [0.25, 0.3) is 6.08 Å². The lowest BCUT2D eigenvalue weighted by Crippen LogP contribution is -2.29. The number of amides is 1. The molecule has 2 rings (SSSR count). The van der Waals surface area contributed by atoms with Crippen molar-refractivity contribution in [1.82, 2.24) is 4.90 Å². The highest BCUT2D eigenvalue weighted by Crippen LogP contribution is 2.36. The molecule has 0 N–H and O–H groups in total. The third kappa shape index (κ3) is 6.40. The molecular formula is C24H25ClN2O3. The first kappa shape index (κ1) is 23.1. The molecule has 2 aromatic carbocycles. The summed E-state index contributed by atoms with van der Waals surface area (Å²) >= 11 is 6.34. The molecule has 0 spiro atoms. The highest BCUT2D eigenvalue weighted by molar-refractivity contribution is 6.32. The largest absolute Gasteiger partial charge is 0.493 e. The fraction of sp³-hybridized carbons (Fsp3) is 0.250. The van der Waals surface area contributed by atoms with E-state index in [2.05, 4.69) is 12.6 Å². The molecule has 0 aliphatic rings. The number of hydrogen-bond acceptors (Lipinski definition) is 4. The zero-order valence-electron chi connectivity index (χ0n) is 17.2. The van der Waals surface area contributed by atoms with Crippen molar-refractivity contribution in [3.63, 3.8) is 0 Å². The molecule has 0 bridgehead atoms. The highest BCUT2D eigenvalue weighted by atomic mass is 35.5. The van der Waals surface area contributed by atoms with E-state index in [1.54, 1.807) is 48.4 Å². The van der Waals surface area contributed by atoms with Crippen LogP contribution in [0, 0.1) is 11.3 Å². The van der Waals surface area contributed by atoms with Gasteiger partial charge in [-0.05, 0) is 47.9 Å². The minimum absolute atomic E-state index is 0.166. The molecule has 0 radical (unpaired) electrons. The number of nitriles is 1. The van der Waals surface area contributed by atoms with Gasteiger partial charge in [0.15, 0.2) is 11.5 Å². The summed E-state index contributed by atoms with van der Waals surface area (Å²) in [5, 5.41) is 9.34. The Hall–Kier alpha value is -3.23. The van der Waals surface area contributed by atoms with Gasteiger partial charge in [0.05, 0.1) is 30.4 Å². The van der Waals surface area contributed by atoms with Crippen molar-refractivity contribution in [3.05, 3.63) is 76.8 Å². The second kappa shape index (κ2) is 11.7. The van der Waals surface area contributed by atoms with Crippen molar-refractivity contribution < 1.29 is 14.3 Å². The van der Waals surface area contributed by atoms with Crippen molar-refractivity contribution >= 4 is 23.6 Å². The predicted molar refractivity (Wildman–Crippen MR) is 120 cm³/mol. The maximum atomic E-state index is 12.7. The van der Waals surface area contributed by atoms with Crippen LogP contribution in [0.15, 0.2) is 55.1 Å².